The number of hydrogen-bond acceptors (Lipinski definition) is 0. The van der Waals surface area contributed by atoms with E-state index in [2.05, 4.69) is 13.0 Å². The van der Waals surface area contributed by atoms with E-state index in [1.807, 2.05) is 0 Å². The highest BCUT2D eigenvalue weighted by Crippen LogP contribution is 2.23. The van der Waals surface area contributed by atoms with Gasteiger partial charge in [-0.15, -0.1) is 0 Å². The van der Waals surface area contributed by atoms with Gasteiger partial charge in [0.05, 0.1) is 0 Å². The van der Waals surface area contributed by atoms with Gasteiger partial charge in [0.15, 0.2) is 0 Å². The van der Waals surface area contributed by atoms with Crippen LogP contribution in [0.15, 0.2) is 23.6 Å². The van der Waals surface area contributed by atoms with Crippen LogP contribution in [-0.2, 0) is 0 Å². The maximum atomic E-state index is 12.7. The van der Waals surface area contributed by atoms with Crippen LogP contribution in [0.1, 0.15) is 39.0 Å². The van der Waals surface area contributed by atoms with Crippen molar-refractivity contribution in [3.8, 4) is 0 Å². The molecule has 0 N–H and O–H groups in total. The van der Waals surface area contributed by atoms with Gasteiger partial charge in [0.25, 0.3) is 0 Å². The Labute approximate surface area is 67.8 Å². The second-order valence-electron chi connectivity index (χ2n) is 3.03. The number of allylic oxidation sites excluding steroid dienone is 4. The summed E-state index contributed by atoms with van der Waals surface area (Å²) in [4.78, 5) is 0. The first-order valence-corrected chi connectivity index (χ1v) is 4.35. The van der Waals surface area contributed by atoms with E-state index >= 15 is 0 Å². The Bertz CT molecular complexity index is 177. The van der Waals surface area contributed by atoms with Gasteiger partial charge >= 0.3 is 0 Å². The molecule has 11 heavy (non-hydrogen) atoms. The molecule has 0 aromatic carbocycles. The lowest BCUT2D eigenvalue weighted by Crippen LogP contribution is -1.90. The first kappa shape index (κ1) is 8.51. The molecule has 0 saturated carbocycles. The van der Waals surface area contributed by atoms with Crippen LogP contribution in [0, 0.1) is 0 Å². The quantitative estimate of drug-likeness (QED) is 0.543. The Balaban J connectivity index is 2.30. The minimum absolute atomic E-state index is 0.0543. The Morgan fingerprint density at radius 2 is 2.27 bits per heavy atom. The van der Waals surface area contributed by atoms with Crippen molar-refractivity contribution in [1.82, 2.24) is 0 Å². The lowest BCUT2D eigenvalue weighted by atomic mass is 10.00. The molecule has 0 atom stereocenters. The molecule has 1 aliphatic rings. The molecule has 1 aliphatic carbocycles. The molecule has 62 valence electrons. The zero-order valence-corrected chi connectivity index (χ0v) is 7.07. The lowest BCUT2D eigenvalue weighted by molar-refractivity contribution is 0.589. The van der Waals surface area contributed by atoms with E-state index in [1.165, 1.54) is 18.4 Å². The number of rotatable bonds is 3. The summed E-state index contributed by atoms with van der Waals surface area (Å²) in [5.41, 5.74) is 1.28. The molecule has 0 aromatic rings. The molecule has 0 aromatic heterocycles. The van der Waals surface area contributed by atoms with E-state index in [-0.39, 0.29) is 5.83 Å². The summed E-state index contributed by atoms with van der Waals surface area (Å²) in [6.45, 7) is 2.16. The fourth-order valence-electron chi connectivity index (χ4n) is 1.31. The van der Waals surface area contributed by atoms with Gasteiger partial charge in [0, 0.05) is 6.42 Å². The molecule has 0 bridgehead atoms. The second kappa shape index (κ2) is 4.32. The Kier molecular flexibility index (Phi) is 3.34. The highest BCUT2D eigenvalue weighted by Gasteiger charge is 2.04. The lowest BCUT2D eigenvalue weighted by Gasteiger charge is -2.08. The van der Waals surface area contributed by atoms with Crippen molar-refractivity contribution in [2.75, 3.05) is 0 Å². The average molecular weight is 154 g/mol. The summed E-state index contributed by atoms with van der Waals surface area (Å²) in [6.07, 6.45) is 8.65. The normalized spacial score (nSPS) is 17.6. The van der Waals surface area contributed by atoms with Crippen LogP contribution in [0.2, 0.25) is 0 Å². The van der Waals surface area contributed by atoms with E-state index in [9.17, 15) is 4.39 Å². The first-order chi connectivity index (χ1) is 5.33. The largest absolute Gasteiger partial charge is 0.212 e. The van der Waals surface area contributed by atoms with Gasteiger partial charge in [-0.3, -0.25) is 0 Å². The Morgan fingerprint density at radius 3 is 2.91 bits per heavy atom. The van der Waals surface area contributed by atoms with Crippen molar-refractivity contribution in [1.29, 1.82) is 0 Å². The van der Waals surface area contributed by atoms with E-state index in [0.29, 0.717) is 6.42 Å². The van der Waals surface area contributed by atoms with Gasteiger partial charge < -0.3 is 0 Å². The fourth-order valence-corrected chi connectivity index (χ4v) is 1.31. The van der Waals surface area contributed by atoms with E-state index < -0.39 is 0 Å². The SMILES string of the molecule is CCCCC1=CCC=C(F)C1. The number of unbranched alkanes of at least 4 members (excludes halogenated alkanes) is 1. The standard InChI is InChI=1S/C10H15F/c1-2-3-5-9-6-4-7-10(11)8-9/h6-7H,2-5,8H2,1H3. The molecule has 0 aliphatic heterocycles. The maximum Gasteiger partial charge on any atom is 0.100 e. The molecular weight excluding hydrogens is 139 g/mol. The third kappa shape index (κ3) is 2.87. The van der Waals surface area contributed by atoms with Gasteiger partial charge in [-0.1, -0.05) is 25.0 Å². The van der Waals surface area contributed by atoms with Crippen molar-refractivity contribution in [2.24, 2.45) is 0 Å². The molecule has 0 heterocycles. The van der Waals surface area contributed by atoms with Gasteiger partial charge in [-0.25, -0.2) is 4.39 Å². The van der Waals surface area contributed by atoms with Crippen LogP contribution in [0.4, 0.5) is 4.39 Å². The minimum Gasteiger partial charge on any atom is -0.212 e. The molecule has 0 amide bonds. The van der Waals surface area contributed by atoms with Gasteiger partial charge in [-0.05, 0) is 25.3 Å². The topological polar surface area (TPSA) is 0 Å². The van der Waals surface area contributed by atoms with Crippen LogP contribution in [0.25, 0.3) is 0 Å². The summed E-state index contributed by atoms with van der Waals surface area (Å²) >= 11 is 0. The molecule has 0 radical (unpaired) electrons. The van der Waals surface area contributed by atoms with Gasteiger partial charge in [0.2, 0.25) is 0 Å². The van der Waals surface area contributed by atoms with Crippen LogP contribution >= 0.6 is 0 Å². The van der Waals surface area contributed by atoms with Gasteiger partial charge in [-0.2, -0.15) is 0 Å². The van der Waals surface area contributed by atoms with Crippen molar-refractivity contribution < 1.29 is 4.39 Å². The molecule has 0 nitrogen and oxygen atoms in total. The zero-order valence-electron chi connectivity index (χ0n) is 7.07. The molecule has 0 saturated heterocycles. The van der Waals surface area contributed by atoms with Crippen LogP contribution in [0.3, 0.4) is 0 Å². The smallest absolute Gasteiger partial charge is 0.100 e. The first-order valence-electron chi connectivity index (χ1n) is 4.35. The van der Waals surface area contributed by atoms with Crippen molar-refractivity contribution >= 4 is 0 Å². The minimum atomic E-state index is 0.0543. The number of hydrogen-bond donors (Lipinski definition) is 0. The van der Waals surface area contributed by atoms with Crippen molar-refractivity contribution in [3.63, 3.8) is 0 Å². The Morgan fingerprint density at radius 1 is 1.45 bits per heavy atom. The Hall–Kier alpha value is -0.590. The highest BCUT2D eigenvalue weighted by atomic mass is 19.1. The highest BCUT2D eigenvalue weighted by molar-refractivity contribution is 5.18. The number of halogens is 1. The third-order valence-electron chi connectivity index (χ3n) is 1.99. The summed E-state index contributed by atoms with van der Waals surface area (Å²) in [6, 6.07) is 0. The molecule has 0 spiro atoms. The predicted molar refractivity (Wildman–Crippen MR) is 46.0 cm³/mol. The van der Waals surface area contributed by atoms with E-state index in [4.69, 9.17) is 0 Å². The van der Waals surface area contributed by atoms with Crippen LogP contribution in [-0.4, -0.2) is 0 Å². The van der Waals surface area contributed by atoms with Crippen molar-refractivity contribution in [3.05, 3.63) is 23.6 Å². The summed E-state index contributed by atoms with van der Waals surface area (Å²) in [5, 5.41) is 0. The summed E-state index contributed by atoms with van der Waals surface area (Å²) in [5.74, 6) is 0.0543. The summed E-state index contributed by atoms with van der Waals surface area (Å²) < 4.78 is 12.7. The van der Waals surface area contributed by atoms with Crippen LogP contribution in [0.5, 0.6) is 0 Å². The van der Waals surface area contributed by atoms with E-state index in [1.54, 1.807) is 6.08 Å². The molecule has 0 unspecified atom stereocenters. The average Bonchev–Trinajstić information content (AvgIpc) is 2.01. The molecular formula is C10H15F. The van der Waals surface area contributed by atoms with Gasteiger partial charge in [0.1, 0.15) is 5.83 Å². The molecule has 1 heteroatoms. The molecule has 1 rings (SSSR count). The van der Waals surface area contributed by atoms with Crippen molar-refractivity contribution in [2.45, 2.75) is 39.0 Å². The maximum absolute atomic E-state index is 12.7. The van der Waals surface area contributed by atoms with Crippen LogP contribution < -0.4 is 0 Å². The predicted octanol–water partition coefficient (Wildman–Crippen LogP) is 3.75. The molecule has 0 fully saturated rings. The second-order valence-corrected chi connectivity index (χ2v) is 3.03. The third-order valence-corrected chi connectivity index (χ3v) is 1.99. The fraction of sp³-hybridized carbons (Fsp3) is 0.600. The van der Waals surface area contributed by atoms with E-state index in [0.717, 1.165) is 12.8 Å². The monoisotopic (exact) mass is 154 g/mol. The summed E-state index contributed by atoms with van der Waals surface area (Å²) in [7, 11) is 0. The zero-order chi connectivity index (χ0) is 8.10.